The molecule has 2 aromatic rings. The average Bonchev–Trinajstić information content (AvgIpc) is 3.25. The first-order valence-corrected chi connectivity index (χ1v) is 8.95. The van der Waals surface area contributed by atoms with Crippen molar-refractivity contribution in [3.8, 4) is 11.5 Å². The van der Waals surface area contributed by atoms with E-state index in [1.807, 2.05) is 4.90 Å². The van der Waals surface area contributed by atoms with E-state index < -0.39 is 10.9 Å². The number of rotatable bonds is 7. The molecule has 0 atom stereocenters. The highest BCUT2D eigenvalue weighted by molar-refractivity contribution is 5.91. The zero-order valence-electron chi connectivity index (χ0n) is 15.8. The largest absolute Gasteiger partial charge is 0.497 e. The highest BCUT2D eigenvalue weighted by atomic mass is 16.6. The van der Waals surface area contributed by atoms with Crippen LogP contribution < -0.4 is 14.4 Å². The molecule has 1 saturated heterocycles. The molecule has 1 heterocycles. The molecule has 0 amide bonds. The maximum Gasteiger partial charge on any atom is 0.338 e. The van der Waals surface area contributed by atoms with Crippen molar-refractivity contribution in [2.24, 2.45) is 0 Å². The fourth-order valence-electron chi connectivity index (χ4n) is 3.24. The molecule has 28 heavy (non-hydrogen) atoms. The summed E-state index contributed by atoms with van der Waals surface area (Å²) in [4.78, 5) is 25.4. The first-order chi connectivity index (χ1) is 13.5. The molecule has 8 nitrogen and oxygen atoms in total. The third-order valence-corrected chi connectivity index (χ3v) is 4.70. The summed E-state index contributed by atoms with van der Waals surface area (Å²) in [6.45, 7) is 1.52. The van der Waals surface area contributed by atoms with Gasteiger partial charge in [0.2, 0.25) is 0 Å². The zero-order valence-corrected chi connectivity index (χ0v) is 15.8. The van der Waals surface area contributed by atoms with Crippen LogP contribution >= 0.6 is 0 Å². The number of carbonyl (C=O) groups is 1. The predicted molar refractivity (Wildman–Crippen MR) is 103 cm³/mol. The second-order valence-corrected chi connectivity index (χ2v) is 6.41. The van der Waals surface area contributed by atoms with Crippen LogP contribution in [0.5, 0.6) is 11.5 Å². The second-order valence-electron chi connectivity index (χ2n) is 6.41. The van der Waals surface area contributed by atoms with Gasteiger partial charge < -0.3 is 19.1 Å². The van der Waals surface area contributed by atoms with Gasteiger partial charge >= 0.3 is 5.97 Å². The van der Waals surface area contributed by atoms with Gasteiger partial charge in [-0.15, -0.1) is 0 Å². The summed E-state index contributed by atoms with van der Waals surface area (Å²) >= 11 is 0. The van der Waals surface area contributed by atoms with Gasteiger partial charge in [0, 0.05) is 24.7 Å². The third kappa shape index (κ3) is 4.16. The Hall–Kier alpha value is -3.29. The number of nitrogens with zero attached hydrogens (tertiary/aromatic N) is 2. The molecule has 2 aromatic carbocycles. The minimum absolute atomic E-state index is 0.0408. The summed E-state index contributed by atoms with van der Waals surface area (Å²) in [5.74, 6) is 0.530. The van der Waals surface area contributed by atoms with Crippen molar-refractivity contribution < 1.29 is 23.9 Å². The van der Waals surface area contributed by atoms with Crippen molar-refractivity contribution in [3.63, 3.8) is 0 Å². The SMILES string of the molecule is COc1ccc(OC)c(COC(=O)c2ccc(N3CCCC3)c([N+](=O)[O-])c2)c1. The summed E-state index contributed by atoms with van der Waals surface area (Å²) in [5.41, 5.74) is 1.22. The lowest BCUT2D eigenvalue weighted by Crippen LogP contribution is -2.19. The van der Waals surface area contributed by atoms with Gasteiger partial charge in [-0.3, -0.25) is 10.1 Å². The summed E-state index contributed by atoms with van der Waals surface area (Å²) in [6, 6.07) is 9.63. The van der Waals surface area contributed by atoms with E-state index in [1.165, 1.54) is 13.2 Å². The van der Waals surface area contributed by atoms with Gasteiger partial charge in [0.15, 0.2) is 0 Å². The molecule has 148 valence electrons. The van der Waals surface area contributed by atoms with Crippen LogP contribution in [0.15, 0.2) is 36.4 Å². The Morgan fingerprint density at radius 2 is 1.86 bits per heavy atom. The maximum absolute atomic E-state index is 12.4. The molecule has 0 aromatic heterocycles. The molecule has 0 saturated carbocycles. The molecule has 0 N–H and O–H groups in total. The van der Waals surface area contributed by atoms with Gasteiger partial charge in [0.25, 0.3) is 5.69 Å². The average molecular weight is 386 g/mol. The molecule has 8 heteroatoms. The Morgan fingerprint density at radius 3 is 2.50 bits per heavy atom. The van der Waals surface area contributed by atoms with Crippen LogP contribution in [0.4, 0.5) is 11.4 Å². The number of anilines is 1. The first kappa shape index (κ1) is 19.5. The van der Waals surface area contributed by atoms with Crippen LogP contribution in [0.25, 0.3) is 0 Å². The highest BCUT2D eigenvalue weighted by Gasteiger charge is 2.24. The number of nitro groups is 1. The molecule has 3 rings (SSSR count). The molecular weight excluding hydrogens is 364 g/mol. The third-order valence-electron chi connectivity index (χ3n) is 4.70. The molecule has 0 unspecified atom stereocenters. The van der Waals surface area contributed by atoms with E-state index in [-0.39, 0.29) is 17.9 Å². The predicted octanol–water partition coefficient (Wildman–Crippen LogP) is 3.57. The van der Waals surface area contributed by atoms with E-state index in [4.69, 9.17) is 14.2 Å². The van der Waals surface area contributed by atoms with Gasteiger partial charge in [-0.25, -0.2) is 4.79 Å². The lowest BCUT2D eigenvalue weighted by atomic mass is 10.1. The lowest BCUT2D eigenvalue weighted by Gasteiger charge is -2.17. The quantitative estimate of drug-likeness (QED) is 0.408. The number of methoxy groups -OCH3 is 2. The van der Waals surface area contributed by atoms with Gasteiger partial charge in [-0.2, -0.15) is 0 Å². The summed E-state index contributed by atoms with van der Waals surface area (Å²) in [7, 11) is 3.06. The van der Waals surface area contributed by atoms with Gasteiger partial charge in [0.05, 0.1) is 24.7 Å². The fraction of sp³-hybridized carbons (Fsp3) is 0.350. The number of benzene rings is 2. The number of hydrogen-bond donors (Lipinski definition) is 0. The number of hydrogen-bond acceptors (Lipinski definition) is 7. The van der Waals surface area contributed by atoms with Gasteiger partial charge in [0.1, 0.15) is 23.8 Å². The molecule has 1 aliphatic heterocycles. The van der Waals surface area contributed by atoms with Crippen molar-refractivity contribution in [3.05, 3.63) is 57.6 Å². The van der Waals surface area contributed by atoms with E-state index in [9.17, 15) is 14.9 Å². The van der Waals surface area contributed by atoms with Crippen LogP contribution in [0.3, 0.4) is 0 Å². The molecular formula is C20H22N2O6. The van der Waals surface area contributed by atoms with E-state index in [0.717, 1.165) is 25.9 Å². The fourth-order valence-corrected chi connectivity index (χ4v) is 3.24. The molecule has 1 aliphatic rings. The Kier molecular flexibility index (Phi) is 5.98. The van der Waals surface area contributed by atoms with Crippen LogP contribution in [-0.2, 0) is 11.3 Å². The van der Waals surface area contributed by atoms with Crippen LogP contribution in [0.1, 0.15) is 28.8 Å². The monoisotopic (exact) mass is 386 g/mol. The number of carbonyl (C=O) groups excluding carboxylic acids is 1. The second kappa shape index (κ2) is 8.60. The van der Waals surface area contributed by atoms with Crippen molar-refractivity contribution in [1.29, 1.82) is 0 Å². The normalized spacial score (nSPS) is 13.3. The van der Waals surface area contributed by atoms with E-state index in [2.05, 4.69) is 0 Å². The number of esters is 1. The van der Waals surface area contributed by atoms with Crippen molar-refractivity contribution >= 4 is 17.3 Å². The molecule has 0 aliphatic carbocycles. The summed E-state index contributed by atoms with van der Waals surface area (Å²) in [5, 5.41) is 11.5. The summed E-state index contributed by atoms with van der Waals surface area (Å²) in [6.07, 6.45) is 2.01. The molecule has 0 radical (unpaired) electrons. The molecule has 1 fully saturated rings. The minimum Gasteiger partial charge on any atom is -0.497 e. The lowest BCUT2D eigenvalue weighted by molar-refractivity contribution is -0.384. The van der Waals surface area contributed by atoms with Crippen molar-refractivity contribution in [2.75, 3.05) is 32.2 Å². The first-order valence-electron chi connectivity index (χ1n) is 8.95. The van der Waals surface area contributed by atoms with Crippen molar-refractivity contribution in [1.82, 2.24) is 0 Å². The Balaban J connectivity index is 1.77. The van der Waals surface area contributed by atoms with Crippen LogP contribution in [0.2, 0.25) is 0 Å². The number of nitro benzene ring substituents is 1. The molecule has 0 spiro atoms. The van der Waals surface area contributed by atoms with E-state index >= 15 is 0 Å². The topological polar surface area (TPSA) is 91.1 Å². The van der Waals surface area contributed by atoms with E-state index in [1.54, 1.807) is 37.4 Å². The Labute approximate surface area is 162 Å². The zero-order chi connectivity index (χ0) is 20.1. The van der Waals surface area contributed by atoms with Crippen LogP contribution in [-0.4, -0.2) is 38.2 Å². The molecule has 0 bridgehead atoms. The van der Waals surface area contributed by atoms with Gasteiger partial charge in [-0.05, 0) is 43.2 Å². The smallest absolute Gasteiger partial charge is 0.338 e. The Morgan fingerprint density at radius 1 is 1.11 bits per heavy atom. The van der Waals surface area contributed by atoms with Crippen molar-refractivity contribution in [2.45, 2.75) is 19.4 Å². The Bertz CT molecular complexity index is 877. The van der Waals surface area contributed by atoms with Gasteiger partial charge in [-0.1, -0.05) is 0 Å². The van der Waals surface area contributed by atoms with E-state index in [0.29, 0.717) is 22.7 Å². The summed E-state index contributed by atoms with van der Waals surface area (Å²) < 4.78 is 15.8. The number of ether oxygens (including phenoxy) is 3. The van der Waals surface area contributed by atoms with Crippen LogP contribution in [0, 0.1) is 10.1 Å². The maximum atomic E-state index is 12.4. The minimum atomic E-state index is -0.638. The standard InChI is InChI=1S/C20H22N2O6/c1-26-16-6-8-19(27-2)15(11-16)13-28-20(23)14-5-7-17(18(12-14)22(24)25)21-9-3-4-10-21/h5-8,11-12H,3-4,9-10,13H2,1-2H3. The highest BCUT2D eigenvalue weighted by Crippen LogP contribution is 2.32.